The number of anilines is 4. The fourth-order valence-corrected chi connectivity index (χ4v) is 7.72. The Morgan fingerprint density at radius 1 is 0.684 bits per heavy atom. The van der Waals surface area contributed by atoms with E-state index in [2.05, 4.69) is 66.0 Å². The molecule has 0 radical (unpaired) electrons. The van der Waals surface area contributed by atoms with Crippen LogP contribution in [-0.4, -0.2) is 76.3 Å². The van der Waals surface area contributed by atoms with Gasteiger partial charge < -0.3 is 31.1 Å². The molecule has 0 amide bonds. The number of benzene rings is 2. The first-order valence-electron chi connectivity index (χ1n) is 15.0. The molecule has 2 aliphatic heterocycles. The third-order valence-corrected chi connectivity index (χ3v) is 10.2. The zero-order valence-electron chi connectivity index (χ0n) is 24.1. The van der Waals surface area contributed by atoms with Gasteiger partial charge in [0, 0.05) is 61.0 Å². The van der Waals surface area contributed by atoms with E-state index < -0.39 is 0 Å². The molecule has 206 valence electrons. The van der Waals surface area contributed by atoms with Crippen LogP contribution in [0.2, 0.25) is 0 Å². The van der Waals surface area contributed by atoms with Gasteiger partial charge in [-0.15, -0.1) is 0 Å². The first-order chi connectivity index (χ1) is 18.3. The summed E-state index contributed by atoms with van der Waals surface area (Å²) >= 11 is 0. The van der Waals surface area contributed by atoms with Gasteiger partial charge in [-0.25, -0.2) is 0 Å². The van der Waals surface area contributed by atoms with E-state index in [0.29, 0.717) is 18.0 Å². The van der Waals surface area contributed by atoms with E-state index in [0.717, 1.165) is 63.0 Å². The van der Waals surface area contributed by atoms with Crippen molar-refractivity contribution in [1.29, 1.82) is 0 Å². The van der Waals surface area contributed by atoms with Gasteiger partial charge >= 0.3 is 0 Å². The summed E-state index contributed by atoms with van der Waals surface area (Å²) in [4.78, 5) is 10.0. The highest BCUT2D eigenvalue weighted by Gasteiger charge is 2.34. The molecule has 0 bridgehead atoms. The minimum atomic E-state index is 0.549. The van der Waals surface area contributed by atoms with Crippen molar-refractivity contribution in [2.45, 2.75) is 75.8 Å². The molecule has 2 saturated heterocycles. The van der Waals surface area contributed by atoms with Crippen LogP contribution in [0.1, 0.15) is 65.8 Å². The van der Waals surface area contributed by atoms with Crippen molar-refractivity contribution in [3.8, 4) is 0 Å². The molecule has 2 unspecified atom stereocenters. The normalized spacial score (nSPS) is 23.9. The second-order valence-electron chi connectivity index (χ2n) is 12.9. The van der Waals surface area contributed by atoms with Crippen molar-refractivity contribution in [1.82, 2.24) is 9.80 Å². The average molecular weight is 517 g/mol. The van der Waals surface area contributed by atoms with Crippen molar-refractivity contribution in [3.63, 3.8) is 0 Å². The average Bonchev–Trinajstić information content (AvgIpc) is 2.87. The Hall–Kier alpha value is -2.44. The lowest BCUT2D eigenvalue weighted by atomic mass is 9.76. The van der Waals surface area contributed by atoms with E-state index in [1.165, 1.54) is 60.4 Å². The summed E-state index contributed by atoms with van der Waals surface area (Å²) in [5.41, 5.74) is 25.8. The first-order valence-corrected chi connectivity index (χ1v) is 15.0. The largest absolute Gasteiger partial charge is 0.399 e. The number of nitrogens with zero attached hydrogens (tertiary/aromatic N) is 4. The molecule has 0 aromatic heterocycles. The third-order valence-electron chi connectivity index (χ3n) is 10.2. The minimum Gasteiger partial charge on any atom is -0.399 e. The summed E-state index contributed by atoms with van der Waals surface area (Å²) < 4.78 is 0. The zero-order valence-corrected chi connectivity index (χ0v) is 24.1. The Morgan fingerprint density at radius 3 is 1.92 bits per heavy atom. The fraction of sp³-hybridized carbons (Fsp3) is 0.625. The van der Waals surface area contributed by atoms with Gasteiger partial charge in [0.2, 0.25) is 0 Å². The summed E-state index contributed by atoms with van der Waals surface area (Å²) in [6.07, 6.45) is 10.7. The van der Waals surface area contributed by atoms with Crippen LogP contribution >= 0.6 is 0 Å². The SMILES string of the molecule is CN(C)C1CCc2cc(N)cc(N3CCC(c4c(N)cc(N5CCC5)c5c4CCC(N(C)C)C5)CC3)c2C1. The Morgan fingerprint density at radius 2 is 1.29 bits per heavy atom. The molecule has 6 heteroatoms. The summed E-state index contributed by atoms with van der Waals surface area (Å²) in [7, 11) is 8.92. The van der Waals surface area contributed by atoms with Crippen molar-refractivity contribution in [2.75, 3.05) is 75.6 Å². The van der Waals surface area contributed by atoms with Crippen LogP contribution in [0.5, 0.6) is 0 Å². The topological polar surface area (TPSA) is 65.0 Å². The van der Waals surface area contributed by atoms with E-state index in [9.17, 15) is 0 Å². The number of fused-ring (bicyclic) bond motifs is 2. The highest BCUT2D eigenvalue weighted by molar-refractivity contribution is 5.71. The molecular weight excluding hydrogens is 468 g/mol. The molecule has 2 atom stereocenters. The summed E-state index contributed by atoms with van der Waals surface area (Å²) in [5, 5.41) is 0. The van der Waals surface area contributed by atoms with Gasteiger partial charge in [0.25, 0.3) is 0 Å². The summed E-state index contributed by atoms with van der Waals surface area (Å²) in [5.74, 6) is 0.549. The monoisotopic (exact) mass is 516 g/mol. The molecular formula is C32H48N6. The van der Waals surface area contributed by atoms with Crippen LogP contribution in [0.3, 0.4) is 0 Å². The maximum atomic E-state index is 6.92. The van der Waals surface area contributed by atoms with Gasteiger partial charge in [-0.1, -0.05) is 0 Å². The Kier molecular flexibility index (Phi) is 6.98. The lowest BCUT2D eigenvalue weighted by Crippen LogP contribution is -2.41. The van der Waals surface area contributed by atoms with Gasteiger partial charge in [-0.05, 0) is 138 Å². The van der Waals surface area contributed by atoms with Crippen LogP contribution in [0, 0.1) is 0 Å². The maximum Gasteiger partial charge on any atom is 0.0423 e. The van der Waals surface area contributed by atoms with E-state index in [4.69, 9.17) is 11.5 Å². The van der Waals surface area contributed by atoms with Gasteiger partial charge in [0.05, 0.1) is 0 Å². The fourth-order valence-electron chi connectivity index (χ4n) is 7.72. The quantitative estimate of drug-likeness (QED) is 0.579. The Labute approximate surface area is 229 Å². The predicted molar refractivity (Wildman–Crippen MR) is 162 cm³/mol. The molecule has 4 aliphatic rings. The first kappa shape index (κ1) is 25.8. The van der Waals surface area contributed by atoms with Crippen molar-refractivity contribution >= 4 is 22.7 Å². The molecule has 6 nitrogen and oxygen atoms in total. The molecule has 0 saturated carbocycles. The number of hydrogen-bond acceptors (Lipinski definition) is 6. The van der Waals surface area contributed by atoms with Gasteiger partial charge in [0.15, 0.2) is 0 Å². The third kappa shape index (κ3) is 4.64. The lowest BCUT2D eigenvalue weighted by molar-refractivity contribution is 0.267. The highest BCUT2D eigenvalue weighted by Crippen LogP contribution is 2.45. The van der Waals surface area contributed by atoms with E-state index in [-0.39, 0.29) is 0 Å². The van der Waals surface area contributed by atoms with Crippen molar-refractivity contribution in [3.05, 3.63) is 46.0 Å². The number of nitrogens with two attached hydrogens (primary N) is 2. The maximum absolute atomic E-state index is 6.92. The molecule has 2 fully saturated rings. The van der Waals surface area contributed by atoms with Crippen molar-refractivity contribution in [2.24, 2.45) is 0 Å². The van der Waals surface area contributed by atoms with Crippen LogP contribution in [0.25, 0.3) is 0 Å². The Bertz CT molecular complexity index is 1180. The lowest BCUT2D eigenvalue weighted by Gasteiger charge is -2.42. The zero-order chi connectivity index (χ0) is 26.6. The second-order valence-corrected chi connectivity index (χ2v) is 12.9. The molecule has 0 spiro atoms. The standard InChI is InChI=1S/C32H48N6/c1-35(2)24-7-6-22-16-23(33)17-30(27(22)18-24)38-14-10-21(11-15-38)32-26-9-8-25(36(3)4)19-28(26)31(20-29(32)34)37-12-5-13-37/h16-17,20-21,24-25H,5-15,18-19,33-34H2,1-4H3. The molecule has 4 N–H and O–H groups in total. The minimum absolute atomic E-state index is 0.549. The number of piperidine rings is 1. The molecule has 2 heterocycles. The second kappa shape index (κ2) is 10.3. The van der Waals surface area contributed by atoms with Crippen molar-refractivity contribution < 1.29 is 0 Å². The van der Waals surface area contributed by atoms with Crippen LogP contribution in [-0.2, 0) is 25.7 Å². The van der Waals surface area contributed by atoms with Gasteiger partial charge in [0.1, 0.15) is 0 Å². The van der Waals surface area contributed by atoms with Crippen LogP contribution in [0.15, 0.2) is 18.2 Å². The molecule has 38 heavy (non-hydrogen) atoms. The van der Waals surface area contributed by atoms with E-state index in [1.807, 2.05) is 0 Å². The molecule has 2 aliphatic carbocycles. The molecule has 2 aromatic rings. The summed E-state index contributed by atoms with van der Waals surface area (Å²) in [6, 6.07) is 8.06. The molecule has 2 aromatic carbocycles. The van der Waals surface area contributed by atoms with E-state index >= 15 is 0 Å². The van der Waals surface area contributed by atoms with E-state index in [1.54, 1.807) is 11.1 Å². The molecule has 6 rings (SSSR count). The number of likely N-dealkylation sites (N-methyl/N-ethyl adjacent to an activating group) is 2. The number of hydrogen-bond donors (Lipinski definition) is 2. The highest BCUT2D eigenvalue weighted by atomic mass is 15.2. The van der Waals surface area contributed by atoms with Gasteiger partial charge in [-0.3, -0.25) is 0 Å². The van der Waals surface area contributed by atoms with Crippen LogP contribution < -0.4 is 21.3 Å². The van der Waals surface area contributed by atoms with Crippen LogP contribution in [0.4, 0.5) is 22.7 Å². The Balaban J connectivity index is 1.26. The smallest absolute Gasteiger partial charge is 0.0423 e. The van der Waals surface area contributed by atoms with Gasteiger partial charge in [-0.2, -0.15) is 0 Å². The number of rotatable bonds is 5. The number of nitrogen functional groups attached to an aromatic ring is 2. The number of aryl methyl sites for hydroxylation is 1. The predicted octanol–water partition coefficient (Wildman–Crippen LogP) is 4.28. The summed E-state index contributed by atoms with van der Waals surface area (Å²) in [6.45, 7) is 4.51.